The molecule has 1 fully saturated rings. The molecule has 0 bridgehead atoms. The van der Waals surface area contributed by atoms with Gasteiger partial charge in [-0.2, -0.15) is 0 Å². The van der Waals surface area contributed by atoms with Crippen LogP contribution in [0.25, 0.3) is 0 Å². The quantitative estimate of drug-likeness (QED) is 0.794. The number of carbonyl (C=O) groups is 2. The molecule has 1 aromatic rings. The van der Waals surface area contributed by atoms with Crippen molar-refractivity contribution in [1.82, 2.24) is 4.90 Å². The van der Waals surface area contributed by atoms with E-state index in [0.29, 0.717) is 31.8 Å². The summed E-state index contributed by atoms with van der Waals surface area (Å²) in [5.74, 6) is 0. The molecule has 0 unspecified atom stereocenters. The molecular weight excluding hydrogens is 256 g/mol. The van der Waals surface area contributed by atoms with Crippen molar-refractivity contribution >= 4 is 18.1 Å². The van der Waals surface area contributed by atoms with Gasteiger partial charge in [0.05, 0.1) is 6.61 Å². The summed E-state index contributed by atoms with van der Waals surface area (Å²) < 4.78 is 5.04. The van der Waals surface area contributed by atoms with Gasteiger partial charge in [0.15, 0.2) is 6.29 Å². The molecule has 0 aliphatic carbocycles. The summed E-state index contributed by atoms with van der Waals surface area (Å²) >= 11 is 0. The van der Waals surface area contributed by atoms with Gasteiger partial charge >= 0.3 is 6.09 Å². The molecule has 2 rings (SSSR count). The SMILES string of the molecule is CCOC(=O)N1CCCN(c2ccccc2C=O)CC1. The Morgan fingerprint density at radius 2 is 2.05 bits per heavy atom. The number of hydrogen-bond acceptors (Lipinski definition) is 4. The lowest BCUT2D eigenvalue weighted by atomic mass is 10.1. The summed E-state index contributed by atoms with van der Waals surface area (Å²) in [5.41, 5.74) is 1.63. The van der Waals surface area contributed by atoms with Crippen LogP contribution in [-0.4, -0.2) is 50.1 Å². The van der Waals surface area contributed by atoms with E-state index >= 15 is 0 Å². The number of para-hydroxylation sites is 1. The first-order chi connectivity index (χ1) is 9.76. The second-order valence-electron chi connectivity index (χ2n) is 4.70. The third-order valence-electron chi connectivity index (χ3n) is 3.43. The van der Waals surface area contributed by atoms with Crippen molar-refractivity contribution in [3.8, 4) is 0 Å². The Labute approximate surface area is 119 Å². The molecule has 0 spiro atoms. The minimum Gasteiger partial charge on any atom is -0.450 e. The Morgan fingerprint density at radius 3 is 2.80 bits per heavy atom. The zero-order valence-corrected chi connectivity index (χ0v) is 11.7. The van der Waals surface area contributed by atoms with Gasteiger partial charge in [-0.05, 0) is 25.5 Å². The van der Waals surface area contributed by atoms with Crippen LogP contribution >= 0.6 is 0 Å². The summed E-state index contributed by atoms with van der Waals surface area (Å²) in [4.78, 5) is 26.7. The fourth-order valence-electron chi connectivity index (χ4n) is 2.43. The van der Waals surface area contributed by atoms with Crippen molar-refractivity contribution < 1.29 is 14.3 Å². The van der Waals surface area contributed by atoms with E-state index in [1.165, 1.54) is 0 Å². The molecule has 1 aliphatic heterocycles. The number of nitrogens with zero attached hydrogens (tertiary/aromatic N) is 2. The summed E-state index contributed by atoms with van der Waals surface area (Å²) in [6.07, 6.45) is 1.49. The normalized spacial score (nSPS) is 15.7. The number of amides is 1. The van der Waals surface area contributed by atoms with Crippen molar-refractivity contribution in [1.29, 1.82) is 0 Å². The van der Waals surface area contributed by atoms with Crippen LogP contribution in [0.15, 0.2) is 24.3 Å². The first-order valence-electron chi connectivity index (χ1n) is 6.97. The average Bonchev–Trinajstić information content (AvgIpc) is 2.73. The van der Waals surface area contributed by atoms with E-state index in [1.54, 1.807) is 4.90 Å². The standard InChI is InChI=1S/C15H20N2O3/c1-2-20-15(19)17-9-5-8-16(10-11-17)14-7-4-3-6-13(14)12-18/h3-4,6-7,12H,2,5,8-11H2,1H3. The van der Waals surface area contributed by atoms with Gasteiger partial charge in [-0.1, -0.05) is 12.1 Å². The van der Waals surface area contributed by atoms with E-state index < -0.39 is 0 Å². The molecule has 1 aromatic carbocycles. The smallest absolute Gasteiger partial charge is 0.409 e. The summed E-state index contributed by atoms with van der Waals surface area (Å²) in [6, 6.07) is 7.55. The average molecular weight is 276 g/mol. The number of rotatable bonds is 3. The molecule has 5 nitrogen and oxygen atoms in total. The van der Waals surface area contributed by atoms with Gasteiger partial charge in [-0.3, -0.25) is 4.79 Å². The van der Waals surface area contributed by atoms with Crippen LogP contribution in [0.1, 0.15) is 23.7 Å². The van der Waals surface area contributed by atoms with Gasteiger partial charge in [0.2, 0.25) is 0 Å². The molecule has 108 valence electrons. The maximum Gasteiger partial charge on any atom is 0.409 e. The predicted molar refractivity (Wildman–Crippen MR) is 77.3 cm³/mol. The van der Waals surface area contributed by atoms with Crippen LogP contribution in [0, 0.1) is 0 Å². The van der Waals surface area contributed by atoms with Gasteiger partial charge in [-0.25, -0.2) is 4.79 Å². The second-order valence-corrected chi connectivity index (χ2v) is 4.70. The van der Waals surface area contributed by atoms with E-state index in [9.17, 15) is 9.59 Å². The Morgan fingerprint density at radius 1 is 1.25 bits per heavy atom. The summed E-state index contributed by atoms with van der Waals surface area (Å²) in [6.45, 7) is 5.06. The van der Waals surface area contributed by atoms with E-state index in [4.69, 9.17) is 4.74 Å². The van der Waals surface area contributed by atoms with Crippen molar-refractivity contribution in [3.63, 3.8) is 0 Å². The van der Waals surface area contributed by atoms with Crippen LogP contribution in [-0.2, 0) is 4.74 Å². The monoisotopic (exact) mass is 276 g/mol. The van der Waals surface area contributed by atoms with Crippen molar-refractivity contribution in [2.24, 2.45) is 0 Å². The highest BCUT2D eigenvalue weighted by Gasteiger charge is 2.20. The molecule has 5 heteroatoms. The molecule has 0 aromatic heterocycles. The van der Waals surface area contributed by atoms with Gasteiger partial charge in [0.1, 0.15) is 0 Å². The molecule has 0 radical (unpaired) electrons. The number of ether oxygens (including phenoxy) is 1. The summed E-state index contributed by atoms with van der Waals surface area (Å²) in [5, 5.41) is 0. The van der Waals surface area contributed by atoms with Crippen LogP contribution in [0.2, 0.25) is 0 Å². The van der Waals surface area contributed by atoms with Crippen LogP contribution < -0.4 is 4.90 Å². The lowest BCUT2D eigenvalue weighted by Crippen LogP contribution is -2.35. The molecular formula is C15H20N2O3. The van der Waals surface area contributed by atoms with Crippen molar-refractivity contribution in [3.05, 3.63) is 29.8 Å². The number of carbonyl (C=O) groups excluding carboxylic acids is 2. The maximum atomic E-state index is 11.7. The van der Waals surface area contributed by atoms with Gasteiger partial charge in [0, 0.05) is 37.4 Å². The first-order valence-corrected chi connectivity index (χ1v) is 6.97. The lowest BCUT2D eigenvalue weighted by Gasteiger charge is -2.24. The van der Waals surface area contributed by atoms with Crippen molar-refractivity contribution in [2.45, 2.75) is 13.3 Å². The Balaban J connectivity index is 2.06. The second kappa shape index (κ2) is 6.93. The predicted octanol–water partition coefficient (Wildman–Crippen LogP) is 2.17. The topological polar surface area (TPSA) is 49.9 Å². The Bertz CT molecular complexity index is 476. The molecule has 0 saturated carbocycles. The zero-order valence-electron chi connectivity index (χ0n) is 11.7. The molecule has 1 aliphatic rings. The maximum absolute atomic E-state index is 11.7. The molecule has 1 amide bonds. The molecule has 1 heterocycles. The third-order valence-corrected chi connectivity index (χ3v) is 3.43. The third kappa shape index (κ3) is 3.29. The van der Waals surface area contributed by atoms with E-state index in [2.05, 4.69) is 4.90 Å². The Kier molecular flexibility index (Phi) is 4.98. The molecule has 20 heavy (non-hydrogen) atoms. The van der Waals surface area contributed by atoms with Crippen LogP contribution in [0.4, 0.5) is 10.5 Å². The number of aldehydes is 1. The Hall–Kier alpha value is -2.04. The van der Waals surface area contributed by atoms with Crippen molar-refractivity contribution in [2.75, 3.05) is 37.7 Å². The van der Waals surface area contributed by atoms with Gasteiger partial charge in [-0.15, -0.1) is 0 Å². The highest BCUT2D eigenvalue weighted by atomic mass is 16.6. The molecule has 1 saturated heterocycles. The zero-order chi connectivity index (χ0) is 14.4. The number of hydrogen-bond donors (Lipinski definition) is 0. The minimum absolute atomic E-state index is 0.252. The van der Waals surface area contributed by atoms with E-state index in [0.717, 1.165) is 24.9 Å². The fourth-order valence-corrected chi connectivity index (χ4v) is 2.43. The van der Waals surface area contributed by atoms with Crippen LogP contribution in [0.3, 0.4) is 0 Å². The highest BCUT2D eigenvalue weighted by Crippen LogP contribution is 2.20. The molecule has 0 atom stereocenters. The van der Waals surface area contributed by atoms with Gasteiger partial charge in [0.25, 0.3) is 0 Å². The first kappa shape index (κ1) is 14.4. The minimum atomic E-state index is -0.252. The summed E-state index contributed by atoms with van der Waals surface area (Å²) in [7, 11) is 0. The van der Waals surface area contributed by atoms with Gasteiger partial charge < -0.3 is 14.5 Å². The highest BCUT2D eigenvalue weighted by molar-refractivity contribution is 5.84. The molecule has 0 N–H and O–H groups in total. The van der Waals surface area contributed by atoms with E-state index in [1.807, 2.05) is 31.2 Å². The van der Waals surface area contributed by atoms with Crippen LogP contribution in [0.5, 0.6) is 0 Å². The lowest BCUT2D eigenvalue weighted by molar-refractivity contribution is 0.109. The number of benzene rings is 1. The number of anilines is 1. The largest absolute Gasteiger partial charge is 0.450 e. The van der Waals surface area contributed by atoms with E-state index in [-0.39, 0.29) is 6.09 Å². The fraction of sp³-hybridized carbons (Fsp3) is 0.467.